The summed E-state index contributed by atoms with van der Waals surface area (Å²) in [5.74, 6) is 3.97. The molecule has 0 saturated carbocycles. The average molecular weight is 1910 g/mol. The Balaban J connectivity index is 0.000000111. The van der Waals surface area contributed by atoms with E-state index < -0.39 is 0 Å². The lowest BCUT2D eigenvalue weighted by molar-refractivity contribution is 0.701. The standard InChI is InChI=1S/2C47H29N3.C46H34N4/c1-6-16-37-30(11-1)25-26-48-46(37)31-21-23-32(24-22-31)47-49-44(42-27-33-12-2-4-14-35(33)38-17-7-9-19-40(38)42)29-45(50-47)43-28-34-13-3-5-15-36(34)39-18-8-10-20-41(39)43;1-4-14-36-32(11-1)26-42(40-18-8-6-16-38(36)40)45-28-46(43-27-33-12-2-5-15-37(33)39-17-7-9-19-41(39)43)50-47(49-45)31-23-21-30(22-24-31)35-25-34-13-3-10-20-44(34)48-29-35;1-2-12-32(13-3-1)38-17-7-4-14-33(38)26-27-44-48-45(34-24-22-31(23-25-34)37-28-36-16-6-11-21-43(36)47-30-37)50-46(49-44)42-29-35-15-5-8-18-39(35)40-19-9-10-20-41(40)42/h2*1-29H;1-29,33,37-38H,30H2/b;;27-26+. The molecule has 3 atom stereocenters. The molecule has 3 unspecified atom stereocenters. The van der Waals surface area contributed by atoms with Gasteiger partial charge < -0.3 is 0 Å². The van der Waals surface area contributed by atoms with Crippen molar-refractivity contribution in [1.82, 2.24) is 44.9 Å². The second kappa shape index (κ2) is 38.8. The SMILES string of the molecule is C1=CC(/C=C/c2nc(-c3ccc(C4C=c5ccccc5=NC4)cc3)nc(-c3cc4ccccc4c4ccccc34)n2)C(c2ccccc2)C=C1.c1ccc2c(-c3ccc(-c4nc(-c5cc6ccccc6c6ccccc56)cc(-c5cc6ccccc6c6ccccc56)n4)cc3)nccc2c1.c1ccc2ncc(-c3ccc(-c4nc(-c5cc6ccccc6c6ccccc56)cc(-c5cc6ccccc6c6ccccc56)n4)cc3)cc2c1. The molecule has 2 aliphatic rings. The highest BCUT2D eigenvalue weighted by molar-refractivity contribution is 6.19. The first-order valence-electron chi connectivity index (χ1n) is 51.1. The maximum atomic E-state index is 5.32. The number of nitrogens with zero attached hydrogens (tertiary/aromatic N) is 10. The fourth-order valence-electron chi connectivity index (χ4n) is 22.2. The summed E-state index contributed by atoms with van der Waals surface area (Å²) in [6.07, 6.45) is 19.2. The molecule has 1 aliphatic carbocycles. The topological polar surface area (TPSA) is 128 Å². The summed E-state index contributed by atoms with van der Waals surface area (Å²) in [7, 11) is 0. The van der Waals surface area contributed by atoms with Crippen LogP contribution in [-0.2, 0) is 0 Å². The summed E-state index contributed by atoms with van der Waals surface area (Å²) >= 11 is 0. The summed E-state index contributed by atoms with van der Waals surface area (Å²) in [6, 6.07) is 167. The van der Waals surface area contributed by atoms with Gasteiger partial charge in [0.15, 0.2) is 29.1 Å². The van der Waals surface area contributed by atoms with Crippen molar-refractivity contribution < 1.29 is 0 Å². The van der Waals surface area contributed by atoms with E-state index in [-0.39, 0.29) is 17.8 Å². The van der Waals surface area contributed by atoms with Crippen molar-refractivity contribution in [2.45, 2.75) is 11.8 Å². The van der Waals surface area contributed by atoms with Crippen LogP contribution in [0.15, 0.2) is 521 Å². The predicted octanol–water partition coefficient (Wildman–Crippen LogP) is 33.9. The smallest absolute Gasteiger partial charge is 0.164 e. The molecule has 10 heteroatoms. The molecule has 22 aromatic carbocycles. The zero-order valence-corrected chi connectivity index (χ0v) is 81.6. The van der Waals surface area contributed by atoms with Gasteiger partial charge in [-0.05, 0) is 208 Å². The number of rotatable bonds is 14. The first-order chi connectivity index (χ1) is 74.3. The van der Waals surface area contributed by atoms with Gasteiger partial charge in [0.2, 0.25) is 0 Å². The summed E-state index contributed by atoms with van der Waals surface area (Å²) < 4.78 is 0. The molecular formula is C140H92N10. The summed E-state index contributed by atoms with van der Waals surface area (Å²) in [6.45, 7) is 0.741. The molecule has 10 nitrogen and oxygen atoms in total. The molecule has 0 bridgehead atoms. The van der Waals surface area contributed by atoms with Crippen LogP contribution in [0.1, 0.15) is 28.8 Å². The molecule has 0 N–H and O–H groups in total. The highest BCUT2D eigenvalue weighted by Crippen LogP contribution is 2.46. The Hall–Kier alpha value is -19.7. The lowest BCUT2D eigenvalue weighted by atomic mass is 9.83. The number of benzene rings is 22. The van der Waals surface area contributed by atoms with E-state index in [2.05, 4.69) is 498 Å². The van der Waals surface area contributed by atoms with Crippen molar-refractivity contribution in [3.05, 3.63) is 543 Å². The highest BCUT2D eigenvalue weighted by atomic mass is 15.0. The van der Waals surface area contributed by atoms with Gasteiger partial charge in [0.05, 0.1) is 45.9 Å². The van der Waals surface area contributed by atoms with Crippen LogP contribution < -0.4 is 10.6 Å². The van der Waals surface area contributed by atoms with Gasteiger partial charge in [-0.2, -0.15) is 0 Å². The van der Waals surface area contributed by atoms with Crippen LogP contribution in [0, 0.1) is 5.92 Å². The van der Waals surface area contributed by atoms with Crippen molar-refractivity contribution in [1.29, 1.82) is 0 Å². The number of allylic oxidation sites excluding steroid dienone is 5. The molecule has 0 spiro atoms. The molecule has 0 fully saturated rings. The van der Waals surface area contributed by atoms with E-state index in [1.165, 1.54) is 119 Å². The van der Waals surface area contributed by atoms with E-state index in [1.54, 1.807) is 0 Å². The van der Waals surface area contributed by atoms with Crippen LogP contribution in [0.4, 0.5) is 0 Å². The highest BCUT2D eigenvalue weighted by Gasteiger charge is 2.25. The molecule has 0 saturated heterocycles. The zero-order chi connectivity index (χ0) is 99.3. The monoisotopic (exact) mass is 1910 g/mol. The van der Waals surface area contributed by atoms with E-state index in [4.69, 9.17) is 49.8 Å². The van der Waals surface area contributed by atoms with Crippen LogP contribution in [0.5, 0.6) is 0 Å². The fourth-order valence-corrected chi connectivity index (χ4v) is 22.2. The lowest BCUT2D eigenvalue weighted by Gasteiger charge is -2.21. The minimum absolute atomic E-state index is 0.175. The van der Waals surface area contributed by atoms with Crippen LogP contribution in [0.2, 0.25) is 0 Å². The molecule has 27 aromatic rings. The van der Waals surface area contributed by atoms with Crippen molar-refractivity contribution in [3.8, 4) is 113 Å². The number of pyridine rings is 2. The third-order valence-corrected chi connectivity index (χ3v) is 29.6. The quantitative estimate of drug-likeness (QED) is 0.0978. The first-order valence-corrected chi connectivity index (χ1v) is 51.1. The van der Waals surface area contributed by atoms with E-state index in [0.717, 1.165) is 129 Å². The number of aromatic nitrogens is 9. The Morgan fingerprint density at radius 1 is 0.233 bits per heavy atom. The molecule has 29 rings (SSSR count). The predicted molar refractivity (Wildman–Crippen MR) is 623 cm³/mol. The molecular weight excluding hydrogens is 1820 g/mol. The van der Waals surface area contributed by atoms with Crippen LogP contribution >= 0.6 is 0 Å². The van der Waals surface area contributed by atoms with Gasteiger partial charge in [-0.1, -0.05) is 443 Å². The van der Waals surface area contributed by atoms with Crippen LogP contribution in [-0.4, -0.2) is 51.4 Å². The lowest BCUT2D eigenvalue weighted by Crippen LogP contribution is -2.30. The van der Waals surface area contributed by atoms with Crippen LogP contribution in [0.25, 0.3) is 255 Å². The minimum Gasteiger partial charge on any atom is -0.284 e. The Kier molecular flexibility index (Phi) is 23.1. The largest absolute Gasteiger partial charge is 0.284 e. The third-order valence-electron chi connectivity index (χ3n) is 29.6. The number of fused-ring (bicyclic) bond motifs is 18. The van der Waals surface area contributed by atoms with Gasteiger partial charge in [-0.15, -0.1) is 0 Å². The van der Waals surface area contributed by atoms with Crippen molar-refractivity contribution in [2.24, 2.45) is 10.9 Å². The van der Waals surface area contributed by atoms with Gasteiger partial charge in [-0.25, -0.2) is 34.9 Å². The molecule has 150 heavy (non-hydrogen) atoms. The zero-order valence-electron chi connectivity index (χ0n) is 81.6. The second-order valence-corrected chi connectivity index (χ2v) is 38.6. The Morgan fingerprint density at radius 2 is 0.600 bits per heavy atom. The maximum Gasteiger partial charge on any atom is 0.164 e. The average Bonchev–Trinajstić information content (AvgIpc) is 0.749. The summed E-state index contributed by atoms with van der Waals surface area (Å²) in [5.41, 5.74) is 19.5. The van der Waals surface area contributed by atoms with Gasteiger partial charge in [-0.3, -0.25) is 15.0 Å². The van der Waals surface area contributed by atoms with Gasteiger partial charge in [0.1, 0.15) is 0 Å². The van der Waals surface area contributed by atoms with Gasteiger partial charge in [0.25, 0.3) is 0 Å². The molecule has 702 valence electrons. The van der Waals surface area contributed by atoms with E-state index >= 15 is 0 Å². The van der Waals surface area contributed by atoms with E-state index in [1.807, 2.05) is 30.6 Å². The Bertz CT molecular complexity index is 10000. The number of hydrogen-bond donors (Lipinski definition) is 0. The summed E-state index contributed by atoms with van der Waals surface area (Å²) in [4.78, 5) is 50.9. The third kappa shape index (κ3) is 17.0. The van der Waals surface area contributed by atoms with Crippen molar-refractivity contribution >= 4 is 142 Å². The molecule has 5 aromatic heterocycles. The first kappa shape index (κ1) is 89.2. The van der Waals surface area contributed by atoms with Gasteiger partial charge >= 0.3 is 0 Å². The minimum atomic E-state index is 0.175. The van der Waals surface area contributed by atoms with E-state index in [9.17, 15) is 0 Å². The Labute approximate surface area is 866 Å². The summed E-state index contributed by atoms with van der Waals surface area (Å²) in [5, 5.41) is 29.6. The Morgan fingerprint density at radius 3 is 1.09 bits per heavy atom. The normalized spacial score (nSPS) is 13.8. The molecule has 1 aliphatic heterocycles. The maximum absolute atomic E-state index is 5.32. The van der Waals surface area contributed by atoms with Crippen LogP contribution in [0.3, 0.4) is 0 Å². The van der Waals surface area contributed by atoms with Crippen molar-refractivity contribution in [3.63, 3.8) is 0 Å². The second-order valence-electron chi connectivity index (χ2n) is 38.6. The molecule has 0 radical (unpaired) electrons. The fraction of sp³-hybridized carbons (Fsp3) is 0.0286. The molecule has 0 amide bonds. The van der Waals surface area contributed by atoms with Gasteiger partial charge in [0, 0.05) is 96.6 Å². The van der Waals surface area contributed by atoms with E-state index in [0.29, 0.717) is 29.1 Å². The van der Waals surface area contributed by atoms with Crippen molar-refractivity contribution in [2.75, 3.05) is 6.54 Å². The number of para-hydroxylation sites is 2. The molecule has 6 heterocycles. The number of hydrogen-bond acceptors (Lipinski definition) is 10.